The van der Waals surface area contributed by atoms with E-state index in [4.69, 9.17) is 12.2 Å². The summed E-state index contributed by atoms with van der Waals surface area (Å²) in [5.41, 5.74) is 3.41. The van der Waals surface area contributed by atoms with E-state index >= 15 is 0 Å². The summed E-state index contributed by atoms with van der Waals surface area (Å²) in [6, 6.07) is 0. The third kappa shape index (κ3) is 1.72. The van der Waals surface area contributed by atoms with Crippen LogP contribution in [0.1, 0.15) is 17.0 Å². The predicted molar refractivity (Wildman–Crippen MR) is 59.2 cm³/mol. The Bertz CT molecular complexity index is 533. The highest BCUT2D eigenvalue weighted by Gasteiger charge is 2.09. The zero-order chi connectivity index (χ0) is 11.0. The normalized spacial score (nSPS) is 10.9. The fourth-order valence-electron chi connectivity index (χ4n) is 1.60. The molecule has 2 rings (SSSR count). The summed E-state index contributed by atoms with van der Waals surface area (Å²) in [5.74, 6) is 0. The van der Waals surface area contributed by atoms with E-state index in [2.05, 4.69) is 22.2 Å². The lowest BCUT2D eigenvalue weighted by molar-refractivity contribution is 0.725. The molecule has 2 aromatic heterocycles. The molecule has 2 aromatic rings. The van der Waals surface area contributed by atoms with Crippen molar-refractivity contribution in [1.29, 1.82) is 0 Å². The van der Waals surface area contributed by atoms with Gasteiger partial charge in [0.25, 0.3) is 0 Å². The highest BCUT2D eigenvalue weighted by molar-refractivity contribution is 7.71. The smallest absolute Gasteiger partial charge is 0.195 e. The molecule has 15 heavy (non-hydrogen) atoms. The van der Waals surface area contributed by atoms with Crippen LogP contribution >= 0.6 is 12.2 Å². The van der Waals surface area contributed by atoms with Gasteiger partial charge in [0.15, 0.2) is 4.77 Å². The highest BCUT2D eigenvalue weighted by atomic mass is 32.1. The maximum atomic E-state index is 5.10. The van der Waals surface area contributed by atoms with Gasteiger partial charge < -0.3 is 4.57 Å². The molecule has 0 aromatic carbocycles. The summed E-state index contributed by atoms with van der Waals surface area (Å²) in [4.78, 5) is 0. The minimum Gasteiger partial charge on any atom is -0.302 e. The van der Waals surface area contributed by atoms with Crippen molar-refractivity contribution in [3.63, 3.8) is 0 Å². The Morgan fingerprint density at radius 1 is 1.47 bits per heavy atom. The van der Waals surface area contributed by atoms with Crippen molar-refractivity contribution in [2.24, 2.45) is 7.05 Å². The van der Waals surface area contributed by atoms with Gasteiger partial charge in [-0.05, 0) is 26.1 Å². The van der Waals surface area contributed by atoms with E-state index < -0.39 is 0 Å². The zero-order valence-electron chi connectivity index (χ0n) is 8.98. The maximum Gasteiger partial charge on any atom is 0.195 e. The minimum atomic E-state index is 0.637. The van der Waals surface area contributed by atoms with Crippen LogP contribution < -0.4 is 0 Å². The van der Waals surface area contributed by atoms with Gasteiger partial charge in [-0.2, -0.15) is 10.2 Å². The van der Waals surface area contributed by atoms with Crippen molar-refractivity contribution >= 4 is 12.2 Å². The average molecular weight is 223 g/mol. The van der Waals surface area contributed by atoms with Gasteiger partial charge >= 0.3 is 0 Å². The molecule has 0 aliphatic carbocycles. The molecule has 0 aliphatic heterocycles. The summed E-state index contributed by atoms with van der Waals surface area (Å²) in [6.45, 7) is 4.78. The number of aromatic amines is 1. The maximum absolute atomic E-state index is 5.10. The molecule has 0 fully saturated rings. The van der Waals surface area contributed by atoms with Crippen molar-refractivity contribution in [2.75, 3.05) is 0 Å². The number of hydrogen-bond donors (Lipinski definition) is 1. The first-order valence-corrected chi connectivity index (χ1v) is 5.09. The largest absolute Gasteiger partial charge is 0.302 e. The standard InChI is InChI=1S/C9H13N5S/c1-6-8(7(2)13(3)12-6)4-14-5-10-11-9(14)15/h5H,4H2,1-3H3,(H,11,15). The van der Waals surface area contributed by atoms with Crippen molar-refractivity contribution < 1.29 is 0 Å². The van der Waals surface area contributed by atoms with Crippen LogP contribution in [0.3, 0.4) is 0 Å². The number of H-pyrrole nitrogens is 1. The molecule has 0 spiro atoms. The monoisotopic (exact) mass is 223 g/mol. The van der Waals surface area contributed by atoms with Crippen molar-refractivity contribution in [3.05, 3.63) is 28.0 Å². The first kappa shape index (κ1) is 10.1. The Morgan fingerprint density at radius 3 is 2.67 bits per heavy atom. The molecule has 6 heteroatoms. The van der Waals surface area contributed by atoms with Crippen molar-refractivity contribution in [2.45, 2.75) is 20.4 Å². The van der Waals surface area contributed by atoms with E-state index in [0.29, 0.717) is 4.77 Å². The fourth-order valence-corrected chi connectivity index (χ4v) is 1.76. The first-order chi connectivity index (χ1) is 7.09. The Kier molecular flexibility index (Phi) is 2.44. The highest BCUT2D eigenvalue weighted by Crippen LogP contribution is 2.13. The molecule has 0 unspecified atom stereocenters. The van der Waals surface area contributed by atoms with E-state index in [9.17, 15) is 0 Å². The number of hydrogen-bond acceptors (Lipinski definition) is 3. The lowest BCUT2D eigenvalue weighted by Crippen LogP contribution is -2.01. The molecular formula is C9H13N5S. The van der Waals surface area contributed by atoms with Gasteiger partial charge in [-0.15, -0.1) is 0 Å². The number of aromatic nitrogens is 5. The molecule has 0 atom stereocenters. The van der Waals surface area contributed by atoms with Crippen LogP contribution in [0.4, 0.5) is 0 Å². The molecule has 1 N–H and O–H groups in total. The number of rotatable bonds is 2. The number of nitrogens with zero attached hydrogens (tertiary/aromatic N) is 4. The van der Waals surface area contributed by atoms with Gasteiger partial charge in [-0.1, -0.05) is 0 Å². The second-order valence-corrected chi connectivity index (χ2v) is 3.95. The summed E-state index contributed by atoms with van der Waals surface area (Å²) >= 11 is 5.10. The lowest BCUT2D eigenvalue weighted by atomic mass is 10.2. The molecular weight excluding hydrogens is 210 g/mol. The topological polar surface area (TPSA) is 51.4 Å². The van der Waals surface area contributed by atoms with E-state index in [1.807, 2.05) is 23.2 Å². The van der Waals surface area contributed by atoms with Gasteiger partial charge in [0.05, 0.1) is 12.2 Å². The molecule has 80 valence electrons. The fraction of sp³-hybridized carbons (Fsp3) is 0.444. The quantitative estimate of drug-likeness (QED) is 0.782. The van der Waals surface area contributed by atoms with Gasteiger partial charge in [0.1, 0.15) is 6.33 Å². The number of aryl methyl sites for hydroxylation is 2. The third-order valence-electron chi connectivity index (χ3n) is 2.61. The first-order valence-electron chi connectivity index (χ1n) is 4.68. The lowest BCUT2D eigenvalue weighted by Gasteiger charge is -2.02. The molecule has 0 aliphatic rings. The molecule has 2 heterocycles. The second-order valence-electron chi connectivity index (χ2n) is 3.56. The average Bonchev–Trinajstić information content (AvgIpc) is 2.67. The van der Waals surface area contributed by atoms with Crippen LogP contribution in [0.5, 0.6) is 0 Å². The van der Waals surface area contributed by atoms with E-state index in [0.717, 1.165) is 17.9 Å². The predicted octanol–water partition coefficient (Wildman–Crippen LogP) is 1.34. The van der Waals surface area contributed by atoms with Crippen LogP contribution in [-0.4, -0.2) is 24.5 Å². The molecule has 5 nitrogen and oxygen atoms in total. The Labute approximate surface area is 92.7 Å². The van der Waals surface area contributed by atoms with E-state index in [1.54, 1.807) is 6.33 Å². The molecule has 0 radical (unpaired) electrons. The Balaban J connectivity index is 2.40. The zero-order valence-corrected chi connectivity index (χ0v) is 9.80. The molecule has 0 saturated carbocycles. The summed E-state index contributed by atoms with van der Waals surface area (Å²) in [6.07, 6.45) is 1.70. The van der Waals surface area contributed by atoms with Gasteiger partial charge in [-0.25, -0.2) is 0 Å². The van der Waals surface area contributed by atoms with Gasteiger partial charge in [0, 0.05) is 18.3 Å². The van der Waals surface area contributed by atoms with Crippen LogP contribution in [0, 0.1) is 18.6 Å². The van der Waals surface area contributed by atoms with Crippen molar-refractivity contribution in [3.8, 4) is 0 Å². The summed E-state index contributed by atoms with van der Waals surface area (Å²) in [5, 5.41) is 11.0. The van der Waals surface area contributed by atoms with Gasteiger partial charge in [-0.3, -0.25) is 9.78 Å². The van der Waals surface area contributed by atoms with Crippen LogP contribution in [0.25, 0.3) is 0 Å². The Hall–Kier alpha value is -1.43. The molecule has 0 saturated heterocycles. The van der Waals surface area contributed by atoms with Crippen LogP contribution in [-0.2, 0) is 13.6 Å². The van der Waals surface area contributed by atoms with Crippen LogP contribution in [0.15, 0.2) is 6.33 Å². The van der Waals surface area contributed by atoms with Crippen molar-refractivity contribution in [1.82, 2.24) is 24.5 Å². The Morgan fingerprint density at radius 2 is 2.20 bits per heavy atom. The summed E-state index contributed by atoms with van der Waals surface area (Å²) in [7, 11) is 1.94. The van der Waals surface area contributed by atoms with Gasteiger partial charge in [0.2, 0.25) is 0 Å². The molecule has 0 bridgehead atoms. The minimum absolute atomic E-state index is 0.637. The number of nitrogens with one attached hydrogen (secondary N) is 1. The van der Waals surface area contributed by atoms with E-state index in [-0.39, 0.29) is 0 Å². The third-order valence-corrected chi connectivity index (χ3v) is 2.93. The summed E-state index contributed by atoms with van der Waals surface area (Å²) < 4.78 is 4.42. The molecule has 0 amide bonds. The second kappa shape index (κ2) is 3.62. The van der Waals surface area contributed by atoms with Crippen LogP contribution in [0.2, 0.25) is 0 Å². The van der Waals surface area contributed by atoms with E-state index in [1.165, 1.54) is 5.56 Å². The SMILES string of the molecule is Cc1nn(C)c(C)c1Cn1cn[nH]c1=S.